The van der Waals surface area contributed by atoms with Gasteiger partial charge in [0.15, 0.2) is 5.65 Å². The van der Waals surface area contributed by atoms with E-state index >= 15 is 0 Å². The lowest BCUT2D eigenvalue weighted by Crippen LogP contribution is -2.16. The Balaban J connectivity index is 2.15. The molecule has 0 aliphatic rings. The summed E-state index contributed by atoms with van der Waals surface area (Å²) in [5.41, 5.74) is 0.480. The molecule has 0 fully saturated rings. The minimum atomic E-state index is -4.20. The van der Waals surface area contributed by atoms with Crippen molar-refractivity contribution in [2.45, 2.75) is 25.9 Å². The summed E-state index contributed by atoms with van der Waals surface area (Å²) >= 11 is 0. The summed E-state index contributed by atoms with van der Waals surface area (Å²) in [6, 6.07) is 0. The maximum absolute atomic E-state index is 12.2. The van der Waals surface area contributed by atoms with Gasteiger partial charge in [-0.15, -0.1) is 0 Å². The van der Waals surface area contributed by atoms with Crippen LogP contribution in [-0.4, -0.2) is 39.4 Å². The van der Waals surface area contributed by atoms with Gasteiger partial charge in [-0.2, -0.15) is 28.2 Å². The van der Waals surface area contributed by atoms with E-state index in [1.165, 1.54) is 6.20 Å². The fourth-order valence-corrected chi connectivity index (χ4v) is 1.61. The van der Waals surface area contributed by atoms with Crippen LogP contribution in [0, 0.1) is 0 Å². The SMILES string of the molecule is CCCNc1nc(NCCC(F)(F)F)c2cn[nH]c2n1. The third-order valence-electron chi connectivity index (χ3n) is 2.54. The lowest BCUT2D eigenvalue weighted by Gasteiger charge is -2.10. The highest BCUT2D eigenvalue weighted by Crippen LogP contribution is 2.22. The topological polar surface area (TPSA) is 78.5 Å². The molecule has 20 heavy (non-hydrogen) atoms. The van der Waals surface area contributed by atoms with Crippen LogP contribution in [-0.2, 0) is 0 Å². The van der Waals surface area contributed by atoms with Gasteiger partial charge in [-0.3, -0.25) is 5.10 Å². The van der Waals surface area contributed by atoms with Crippen molar-refractivity contribution in [2.24, 2.45) is 0 Å². The Kier molecular flexibility index (Phi) is 4.26. The van der Waals surface area contributed by atoms with E-state index in [4.69, 9.17) is 0 Å². The van der Waals surface area contributed by atoms with Crippen molar-refractivity contribution in [3.05, 3.63) is 6.20 Å². The molecule has 0 saturated heterocycles. The molecule has 0 radical (unpaired) electrons. The molecule has 3 N–H and O–H groups in total. The number of hydrogen-bond acceptors (Lipinski definition) is 5. The van der Waals surface area contributed by atoms with Crippen LogP contribution in [0.5, 0.6) is 0 Å². The molecular weight excluding hydrogens is 273 g/mol. The zero-order valence-corrected chi connectivity index (χ0v) is 10.9. The van der Waals surface area contributed by atoms with E-state index in [9.17, 15) is 13.2 Å². The normalized spacial score (nSPS) is 11.8. The van der Waals surface area contributed by atoms with Crippen LogP contribution < -0.4 is 10.6 Å². The molecule has 2 rings (SSSR count). The predicted molar refractivity (Wildman–Crippen MR) is 69.6 cm³/mol. The highest BCUT2D eigenvalue weighted by atomic mass is 19.4. The molecule has 0 atom stereocenters. The Morgan fingerprint density at radius 3 is 2.70 bits per heavy atom. The fourth-order valence-electron chi connectivity index (χ4n) is 1.61. The Morgan fingerprint density at radius 1 is 1.20 bits per heavy atom. The molecule has 0 spiro atoms. The van der Waals surface area contributed by atoms with Crippen molar-refractivity contribution in [1.29, 1.82) is 0 Å². The number of rotatable bonds is 6. The van der Waals surface area contributed by atoms with Crippen molar-refractivity contribution < 1.29 is 13.2 Å². The number of nitrogens with zero attached hydrogens (tertiary/aromatic N) is 3. The van der Waals surface area contributed by atoms with Gasteiger partial charge >= 0.3 is 6.18 Å². The van der Waals surface area contributed by atoms with Crippen LogP contribution >= 0.6 is 0 Å². The van der Waals surface area contributed by atoms with Crippen LogP contribution in [0.3, 0.4) is 0 Å². The van der Waals surface area contributed by atoms with E-state index in [2.05, 4.69) is 30.8 Å². The lowest BCUT2D eigenvalue weighted by atomic mass is 10.3. The summed E-state index contributed by atoms with van der Waals surface area (Å²) in [6.07, 6.45) is -2.75. The fraction of sp³-hybridized carbons (Fsp3) is 0.545. The number of nitrogens with one attached hydrogen (secondary N) is 3. The standard InChI is InChI=1S/C11H15F3N6/c1-2-4-16-10-18-8(15-5-3-11(12,13)14)7-6-17-20-9(7)19-10/h6H,2-5H2,1H3,(H3,15,16,17,18,19,20). The third-order valence-corrected chi connectivity index (χ3v) is 2.54. The van der Waals surface area contributed by atoms with E-state index in [0.717, 1.165) is 6.42 Å². The molecule has 0 aromatic carbocycles. The van der Waals surface area contributed by atoms with E-state index in [-0.39, 0.29) is 6.54 Å². The molecule has 0 saturated carbocycles. The first-order valence-corrected chi connectivity index (χ1v) is 6.25. The molecule has 2 heterocycles. The number of anilines is 2. The highest BCUT2D eigenvalue weighted by Gasteiger charge is 2.26. The van der Waals surface area contributed by atoms with Crippen LogP contribution in [0.4, 0.5) is 24.9 Å². The maximum atomic E-state index is 12.2. The minimum Gasteiger partial charge on any atom is -0.369 e. The predicted octanol–water partition coefficient (Wildman–Crippen LogP) is 2.54. The molecular formula is C11H15F3N6. The largest absolute Gasteiger partial charge is 0.390 e. The zero-order chi connectivity index (χ0) is 14.6. The number of halogens is 3. The first kappa shape index (κ1) is 14.4. The summed E-state index contributed by atoms with van der Waals surface area (Å²) in [7, 11) is 0. The van der Waals surface area contributed by atoms with Gasteiger partial charge in [0.2, 0.25) is 5.95 Å². The Morgan fingerprint density at radius 2 is 2.00 bits per heavy atom. The lowest BCUT2D eigenvalue weighted by molar-refractivity contribution is -0.131. The smallest absolute Gasteiger partial charge is 0.369 e. The molecule has 2 aromatic heterocycles. The summed E-state index contributed by atoms with van der Waals surface area (Å²) in [6.45, 7) is 2.43. The van der Waals surface area contributed by atoms with Gasteiger partial charge in [-0.05, 0) is 6.42 Å². The average molecular weight is 288 g/mol. The number of H-pyrrole nitrogens is 1. The van der Waals surface area contributed by atoms with Gasteiger partial charge in [-0.25, -0.2) is 0 Å². The number of aromatic nitrogens is 4. The molecule has 0 aliphatic heterocycles. The number of alkyl halides is 3. The number of fused-ring (bicyclic) bond motifs is 1. The van der Waals surface area contributed by atoms with Crippen molar-refractivity contribution in [3.8, 4) is 0 Å². The Labute approximate surface area is 113 Å². The average Bonchev–Trinajstić information content (AvgIpc) is 2.83. The Hall–Kier alpha value is -2.06. The van der Waals surface area contributed by atoms with Gasteiger partial charge in [0.25, 0.3) is 0 Å². The molecule has 0 unspecified atom stereocenters. The van der Waals surface area contributed by atoms with Gasteiger partial charge < -0.3 is 10.6 Å². The van der Waals surface area contributed by atoms with Gasteiger partial charge in [0, 0.05) is 13.1 Å². The molecule has 2 aromatic rings. The minimum absolute atomic E-state index is 0.242. The quantitative estimate of drug-likeness (QED) is 0.761. The monoisotopic (exact) mass is 288 g/mol. The van der Waals surface area contributed by atoms with E-state index < -0.39 is 12.6 Å². The van der Waals surface area contributed by atoms with Gasteiger partial charge in [0.1, 0.15) is 5.82 Å². The highest BCUT2D eigenvalue weighted by molar-refractivity contribution is 5.86. The van der Waals surface area contributed by atoms with Crippen LogP contribution in [0.1, 0.15) is 19.8 Å². The van der Waals surface area contributed by atoms with E-state index in [1.807, 2.05) is 6.92 Å². The van der Waals surface area contributed by atoms with Gasteiger partial charge in [0.05, 0.1) is 18.0 Å². The van der Waals surface area contributed by atoms with Crippen molar-refractivity contribution >= 4 is 22.8 Å². The number of hydrogen-bond donors (Lipinski definition) is 3. The second-order valence-electron chi connectivity index (χ2n) is 4.25. The van der Waals surface area contributed by atoms with Crippen molar-refractivity contribution in [2.75, 3.05) is 23.7 Å². The first-order chi connectivity index (χ1) is 9.49. The van der Waals surface area contributed by atoms with Crippen molar-refractivity contribution in [1.82, 2.24) is 20.2 Å². The second-order valence-corrected chi connectivity index (χ2v) is 4.25. The molecule has 110 valence electrons. The van der Waals surface area contributed by atoms with Gasteiger partial charge in [-0.1, -0.05) is 6.92 Å². The summed E-state index contributed by atoms with van der Waals surface area (Å²) in [4.78, 5) is 8.36. The molecule has 0 amide bonds. The zero-order valence-electron chi connectivity index (χ0n) is 10.9. The maximum Gasteiger partial charge on any atom is 0.390 e. The second kappa shape index (κ2) is 5.93. The van der Waals surface area contributed by atoms with Crippen LogP contribution in [0.15, 0.2) is 6.20 Å². The first-order valence-electron chi connectivity index (χ1n) is 6.25. The summed E-state index contributed by atoms with van der Waals surface area (Å²) in [5, 5.41) is 12.7. The molecule has 0 bridgehead atoms. The van der Waals surface area contributed by atoms with E-state index in [1.54, 1.807) is 0 Å². The van der Waals surface area contributed by atoms with Crippen LogP contribution in [0.25, 0.3) is 11.0 Å². The molecule has 6 nitrogen and oxygen atoms in total. The summed E-state index contributed by atoms with van der Waals surface area (Å²) < 4.78 is 36.5. The molecule has 9 heteroatoms. The summed E-state index contributed by atoms with van der Waals surface area (Å²) in [5.74, 6) is 0.699. The van der Waals surface area contributed by atoms with Crippen molar-refractivity contribution in [3.63, 3.8) is 0 Å². The number of aromatic amines is 1. The van der Waals surface area contributed by atoms with E-state index in [0.29, 0.717) is 29.3 Å². The third kappa shape index (κ3) is 3.72. The Bertz CT molecular complexity index is 565. The van der Waals surface area contributed by atoms with Crippen LogP contribution in [0.2, 0.25) is 0 Å². The molecule has 0 aliphatic carbocycles.